The topological polar surface area (TPSA) is 31.4 Å². The summed E-state index contributed by atoms with van der Waals surface area (Å²) in [4.78, 5) is 9.13. The third-order valence-corrected chi connectivity index (χ3v) is 8.25. The molecule has 0 saturated heterocycles. The molecule has 4 aromatic rings. The van der Waals surface area contributed by atoms with Gasteiger partial charge in [0.25, 0.3) is 0 Å². The molecule has 0 amide bonds. The van der Waals surface area contributed by atoms with Gasteiger partial charge in [0, 0.05) is 83.9 Å². The zero-order valence-corrected chi connectivity index (χ0v) is 25.3. The molecular weight excluding hydrogens is 544 g/mol. The maximum absolute atomic E-state index is 6.27. The lowest BCUT2D eigenvalue weighted by Gasteiger charge is -2.34. The normalized spacial score (nSPS) is 13.6. The molecule has 2 heterocycles. The first-order valence-corrected chi connectivity index (χ1v) is 15.1. The Morgan fingerprint density at radius 3 is 1.36 bits per heavy atom. The fraction of sp³-hybridized carbons (Fsp3) is 0.211. The molecule has 0 N–H and O–H groups in total. The van der Waals surface area contributed by atoms with Gasteiger partial charge in [-0.25, -0.2) is 0 Å². The van der Waals surface area contributed by atoms with E-state index >= 15 is 0 Å². The van der Waals surface area contributed by atoms with Crippen molar-refractivity contribution in [2.75, 3.05) is 59.2 Å². The van der Waals surface area contributed by atoms with E-state index in [1.807, 2.05) is 24.3 Å². The van der Waals surface area contributed by atoms with Crippen LogP contribution in [-0.2, 0) is 13.1 Å². The summed E-state index contributed by atoms with van der Waals surface area (Å²) in [5, 5.41) is 2.38. The Kier molecular flexibility index (Phi) is 8.59. The summed E-state index contributed by atoms with van der Waals surface area (Å²) in [6, 6.07) is 25.9. The molecule has 6 rings (SSSR count). The highest BCUT2D eigenvalue weighted by Crippen LogP contribution is 2.39. The van der Waals surface area contributed by atoms with E-state index in [0.717, 1.165) is 73.5 Å². The minimum absolute atomic E-state index is 0.494. The van der Waals surface area contributed by atoms with Crippen molar-refractivity contribution in [1.82, 2.24) is 0 Å². The Morgan fingerprint density at radius 1 is 0.568 bits per heavy atom. The highest BCUT2D eigenvalue weighted by molar-refractivity contribution is 6.02. The molecule has 44 heavy (non-hydrogen) atoms. The van der Waals surface area contributed by atoms with Crippen LogP contribution in [0.5, 0.6) is 11.5 Å². The Bertz CT molecular complexity index is 1550. The number of nitrogens with zero attached hydrogens (tertiary/aromatic N) is 4. The van der Waals surface area contributed by atoms with Crippen molar-refractivity contribution >= 4 is 33.5 Å². The van der Waals surface area contributed by atoms with Crippen LogP contribution in [-0.4, -0.2) is 39.6 Å². The van der Waals surface area contributed by atoms with Crippen LogP contribution in [0.4, 0.5) is 22.7 Å². The lowest BCUT2D eigenvalue weighted by atomic mass is 10.0. The van der Waals surface area contributed by atoms with Gasteiger partial charge in [0.15, 0.2) is 13.5 Å². The van der Waals surface area contributed by atoms with E-state index < -0.39 is 0 Å². The maximum atomic E-state index is 6.27. The Balaban J connectivity index is 1.28. The quantitative estimate of drug-likeness (QED) is 0.157. The molecule has 0 aromatic heterocycles. The fourth-order valence-electron chi connectivity index (χ4n) is 6.18. The van der Waals surface area contributed by atoms with Crippen LogP contribution < -0.4 is 29.1 Å². The number of anilines is 4. The zero-order valence-electron chi connectivity index (χ0n) is 25.3. The van der Waals surface area contributed by atoms with Crippen molar-refractivity contribution in [3.05, 3.63) is 135 Å². The third-order valence-electron chi connectivity index (χ3n) is 8.25. The van der Waals surface area contributed by atoms with Crippen LogP contribution in [0.3, 0.4) is 0 Å². The fourth-order valence-corrected chi connectivity index (χ4v) is 6.18. The molecule has 0 radical (unpaired) electrons. The summed E-state index contributed by atoms with van der Waals surface area (Å²) in [6.45, 7) is 21.2. The van der Waals surface area contributed by atoms with Gasteiger partial charge in [-0.3, -0.25) is 0 Å². The van der Waals surface area contributed by atoms with Crippen LogP contribution in [0.1, 0.15) is 11.1 Å². The molecule has 0 aliphatic carbocycles. The summed E-state index contributed by atoms with van der Waals surface area (Å²) in [6.07, 6.45) is 7.69. The molecule has 4 aromatic carbocycles. The van der Waals surface area contributed by atoms with Crippen molar-refractivity contribution in [1.29, 1.82) is 0 Å². The predicted octanol–water partition coefficient (Wildman–Crippen LogP) is 7.91. The number of ether oxygens (including phenoxy) is 2. The van der Waals surface area contributed by atoms with Crippen molar-refractivity contribution in [2.24, 2.45) is 0 Å². The first kappa shape index (κ1) is 29.0. The van der Waals surface area contributed by atoms with Crippen LogP contribution in [0.25, 0.3) is 10.8 Å². The minimum atomic E-state index is 0.494. The molecule has 0 fully saturated rings. The number of fused-ring (bicyclic) bond motifs is 3. The van der Waals surface area contributed by atoms with Gasteiger partial charge in [0.1, 0.15) is 11.5 Å². The van der Waals surface area contributed by atoms with E-state index in [1.54, 1.807) is 0 Å². The van der Waals surface area contributed by atoms with E-state index in [0.29, 0.717) is 13.5 Å². The van der Waals surface area contributed by atoms with Gasteiger partial charge in [0.2, 0.25) is 0 Å². The maximum Gasteiger partial charge on any atom is 0.161 e. The van der Waals surface area contributed by atoms with Gasteiger partial charge in [-0.1, -0.05) is 48.6 Å². The molecule has 0 saturated carbocycles. The lowest BCUT2D eigenvalue weighted by Crippen LogP contribution is -2.33. The number of hydrogen-bond donors (Lipinski definition) is 0. The van der Waals surface area contributed by atoms with Crippen LogP contribution >= 0.6 is 0 Å². The van der Waals surface area contributed by atoms with Gasteiger partial charge < -0.3 is 29.1 Å². The van der Waals surface area contributed by atoms with Crippen molar-refractivity contribution in [3.8, 4) is 11.5 Å². The second-order valence-electron chi connectivity index (χ2n) is 11.1. The molecule has 0 unspecified atom stereocenters. The first-order valence-electron chi connectivity index (χ1n) is 15.1. The zero-order chi connectivity index (χ0) is 30.5. The van der Waals surface area contributed by atoms with Gasteiger partial charge in [0.05, 0.1) is 0 Å². The summed E-state index contributed by atoms with van der Waals surface area (Å²) in [5.74, 6) is 1.87. The predicted molar refractivity (Wildman–Crippen MR) is 185 cm³/mol. The smallest absolute Gasteiger partial charge is 0.161 e. The monoisotopic (exact) mass is 584 g/mol. The van der Waals surface area contributed by atoms with Gasteiger partial charge in [-0.05, 0) is 48.5 Å². The van der Waals surface area contributed by atoms with Crippen molar-refractivity contribution in [3.63, 3.8) is 0 Å². The average Bonchev–Trinajstić information content (AvgIpc) is 3.06. The highest BCUT2D eigenvalue weighted by Gasteiger charge is 2.24. The largest absolute Gasteiger partial charge is 0.473 e. The van der Waals surface area contributed by atoms with Gasteiger partial charge in [-0.2, -0.15) is 0 Å². The summed E-state index contributed by atoms with van der Waals surface area (Å²) < 4.78 is 12.5. The molecule has 0 spiro atoms. The standard InChI is InChI=1S/C38H40N4O2/c1-5-19-39(20-6-2)31-15-17-37-29(23-31)25-41(27-43-37)35-13-9-12-34-33(35)11-10-14-36(34)42-26-30-24-32(16-18-38(30)44-28-42)40(21-7-3)22-8-4/h5-18,23-24H,1-4,19-22,25-28H2. The molecule has 6 heteroatoms. The second kappa shape index (κ2) is 13.0. The lowest BCUT2D eigenvalue weighted by molar-refractivity contribution is 0.289. The van der Waals surface area contributed by atoms with Gasteiger partial charge >= 0.3 is 0 Å². The van der Waals surface area contributed by atoms with Crippen molar-refractivity contribution < 1.29 is 9.47 Å². The SMILES string of the molecule is C=CCN(CC=C)c1ccc2c(c1)CN(c1cccc3c(N4COc5ccc(N(CC=C)CC=C)cc5C4)cccc13)CO2. The molecular formula is C38H40N4O2. The first-order chi connectivity index (χ1) is 21.6. The second-order valence-corrected chi connectivity index (χ2v) is 11.1. The summed E-state index contributed by atoms with van der Waals surface area (Å²) in [7, 11) is 0. The average molecular weight is 585 g/mol. The molecule has 2 aliphatic heterocycles. The third kappa shape index (κ3) is 5.76. The summed E-state index contributed by atoms with van der Waals surface area (Å²) >= 11 is 0. The molecule has 0 bridgehead atoms. The number of rotatable bonds is 12. The van der Waals surface area contributed by atoms with Crippen LogP contribution in [0.15, 0.2) is 123 Å². The highest BCUT2D eigenvalue weighted by atomic mass is 16.5. The van der Waals surface area contributed by atoms with Crippen molar-refractivity contribution in [2.45, 2.75) is 13.1 Å². The Labute approximate surface area is 261 Å². The van der Waals surface area contributed by atoms with Gasteiger partial charge in [-0.15, -0.1) is 26.3 Å². The van der Waals surface area contributed by atoms with E-state index in [9.17, 15) is 0 Å². The number of hydrogen-bond acceptors (Lipinski definition) is 6. The molecule has 6 nitrogen and oxygen atoms in total. The van der Waals surface area contributed by atoms with E-state index in [2.05, 4.69) is 119 Å². The van der Waals surface area contributed by atoms with Crippen LogP contribution in [0.2, 0.25) is 0 Å². The van der Waals surface area contributed by atoms with Crippen LogP contribution in [0, 0.1) is 0 Å². The molecule has 2 aliphatic rings. The summed E-state index contributed by atoms with van der Waals surface area (Å²) in [5.41, 5.74) is 6.91. The Hall–Kier alpha value is -5.10. The number of benzene rings is 4. The Morgan fingerprint density at radius 2 is 0.977 bits per heavy atom. The van der Waals surface area contributed by atoms with E-state index in [4.69, 9.17) is 9.47 Å². The van der Waals surface area contributed by atoms with E-state index in [-0.39, 0.29) is 0 Å². The molecule has 224 valence electrons. The van der Waals surface area contributed by atoms with E-state index in [1.165, 1.54) is 21.9 Å². The molecule has 0 atom stereocenters. The minimum Gasteiger partial charge on any atom is -0.473 e.